The second kappa shape index (κ2) is 5.76. The van der Waals surface area contributed by atoms with Gasteiger partial charge in [-0.25, -0.2) is 0 Å². The van der Waals surface area contributed by atoms with Gasteiger partial charge in [-0.15, -0.1) is 23.4 Å². The fourth-order valence-corrected chi connectivity index (χ4v) is 3.66. The van der Waals surface area contributed by atoms with Gasteiger partial charge in [0.1, 0.15) is 11.3 Å². The molecule has 1 aliphatic rings. The number of thioether (sulfide) groups is 1. The number of nitrogens with zero attached hydrogens (tertiary/aromatic N) is 1. The van der Waals surface area contributed by atoms with Crippen LogP contribution in [-0.4, -0.2) is 29.0 Å². The van der Waals surface area contributed by atoms with Crippen LogP contribution in [0.5, 0.6) is 0 Å². The summed E-state index contributed by atoms with van der Waals surface area (Å²) in [6.07, 6.45) is 0. The molecule has 1 aromatic rings. The highest BCUT2D eigenvalue weighted by Crippen LogP contribution is 2.38. The number of halogens is 1. The van der Waals surface area contributed by atoms with Gasteiger partial charge in [-0.3, -0.25) is 4.79 Å². The molecule has 2 rings (SSSR count). The minimum atomic E-state index is 0.0246. The molecule has 0 aliphatic carbocycles. The van der Waals surface area contributed by atoms with Crippen LogP contribution in [0.1, 0.15) is 37.3 Å². The van der Waals surface area contributed by atoms with E-state index in [-0.39, 0.29) is 22.6 Å². The van der Waals surface area contributed by atoms with Gasteiger partial charge in [0, 0.05) is 12.3 Å². The zero-order valence-corrected chi connectivity index (χ0v) is 13.2. The maximum absolute atomic E-state index is 11.8. The zero-order chi connectivity index (χ0) is 14.0. The molecule has 4 heteroatoms. The second-order valence-electron chi connectivity index (χ2n) is 5.82. The first-order chi connectivity index (χ1) is 8.93. The lowest BCUT2D eigenvalue weighted by atomic mass is 9.87. The lowest BCUT2D eigenvalue weighted by Crippen LogP contribution is -2.31. The van der Waals surface area contributed by atoms with Crippen molar-refractivity contribution in [3.8, 4) is 0 Å². The zero-order valence-electron chi connectivity index (χ0n) is 11.6. The average Bonchev–Trinajstić information content (AvgIpc) is 2.86. The summed E-state index contributed by atoms with van der Waals surface area (Å²) in [5, 5.41) is 0.125. The molecule has 104 valence electrons. The number of carbonyl (C=O) groups excluding carboxylic acids is 1. The quantitative estimate of drug-likeness (QED) is 0.774. The van der Waals surface area contributed by atoms with Crippen LogP contribution in [0.3, 0.4) is 0 Å². The van der Waals surface area contributed by atoms with Gasteiger partial charge in [0.15, 0.2) is 0 Å². The van der Waals surface area contributed by atoms with E-state index < -0.39 is 0 Å². The third-order valence-electron chi connectivity index (χ3n) is 3.39. The summed E-state index contributed by atoms with van der Waals surface area (Å²) in [5.74, 6) is 1.07. The van der Waals surface area contributed by atoms with E-state index in [4.69, 9.17) is 11.6 Å². The van der Waals surface area contributed by atoms with E-state index in [9.17, 15) is 4.79 Å². The summed E-state index contributed by atoms with van der Waals surface area (Å²) in [7, 11) is 0. The minimum absolute atomic E-state index is 0.0246. The number of hydrogen-bond acceptors (Lipinski definition) is 2. The number of alkyl halides is 1. The first kappa shape index (κ1) is 14.7. The maximum Gasteiger partial charge on any atom is 0.238 e. The van der Waals surface area contributed by atoms with Gasteiger partial charge in [-0.2, -0.15) is 0 Å². The third-order valence-corrected chi connectivity index (χ3v) is 4.88. The topological polar surface area (TPSA) is 20.3 Å². The van der Waals surface area contributed by atoms with Gasteiger partial charge in [0.25, 0.3) is 0 Å². The molecule has 0 saturated carbocycles. The Hall–Kier alpha value is -0.670. The van der Waals surface area contributed by atoms with Crippen LogP contribution in [0.15, 0.2) is 24.3 Å². The Kier molecular flexibility index (Phi) is 4.46. The van der Waals surface area contributed by atoms with Gasteiger partial charge in [0.2, 0.25) is 5.91 Å². The van der Waals surface area contributed by atoms with Crippen molar-refractivity contribution in [2.75, 3.05) is 18.2 Å². The van der Waals surface area contributed by atoms with E-state index in [0.717, 1.165) is 12.3 Å². The minimum Gasteiger partial charge on any atom is -0.325 e. The van der Waals surface area contributed by atoms with E-state index >= 15 is 0 Å². The molecule has 0 unspecified atom stereocenters. The molecule has 19 heavy (non-hydrogen) atoms. The number of carbonyl (C=O) groups is 1. The maximum atomic E-state index is 11.8. The second-order valence-corrected chi connectivity index (χ2v) is 7.27. The molecular formula is C15H20ClNOS. The monoisotopic (exact) mass is 297 g/mol. The van der Waals surface area contributed by atoms with Crippen LogP contribution in [0.4, 0.5) is 0 Å². The van der Waals surface area contributed by atoms with E-state index in [1.807, 2.05) is 16.7 Å². The Bertz CT molecular complexity index is 452. The number of hydrogen-bond donors (Lipinski definition) is 0. The fourth-order valence-electron chi connectivity index (χ4n) is 2.23. The van der Waals surface area contributed by atoms with Crippen molar-refractivity contribution >= 4 is 29.3 Å². The largest absolute Gasteiger partial charge is 0.325 e. The molecule has 1 fully saturated rings. The van der Waals surface area contributed by atoms with E-state index in [2.05, 4.69) is 45.0 Å². The highest BCUT2D eigenvalue weighted by atomic mass is 35.5. The molecule has 1 amide bonds. The molecule has 0 N–H and O–H groups in total. The molecule has 1 heterocycles. The lowest BCUT2D eigenvalue weighted by Gasteiger charge is -2.25. The first-order valence-electron chi connectivity index (χ1n) is 6.51. The molecule has 1 aromatic carbocycles. The summed E-state index contributed by atoms with van der Waals surface area (Å²) in [4.78, 5) is 13.7. The number of rotatable bonds is 2. The molecule has 1 aliphatic heterocycles. The Morgan fingerprint density at radius 2 is 2.00 bits per heavy atom. The van der Waals surface area contributed by atoms with Gasteiger partial charge in [-0.1, -0.05) is 45.0 Å². The summed E-state index contributed by atoms with van der Waals surface area (Å²) < 4.78 is 0. The predicted molar refractivity (Wildman–Crippen MR) is 82.8 cm³/mol. The van der Waals surface area contributed by atoms with Crippen molar-refractivity contribution < 1.29 is 4.79 Å². The highest BCUT2D eigenvalue weighted by molar-refractivity contribution is 7.99. The fraction of sp³-hybridized carbons (Fsp3) is 0.533. The molecule has 0 aromatic heterocycles. The summed E-state index contributed by atoms with van der Waals surface area (Å²) >= 11 is 7.48. The van der Waals surface area contributed by atoms with Crippen LogP contribution in [0, 0.1) is 0 Å². The molecule has 1 atom stereocenters. The van der Waals surface area contributed by atoms with Gasteiger partial charge in [-0.05, 0) is 16.5 Å². The summed E-state index contributed by atoms with van der Waals surface area (Å²) in [5.41, 5.74) is 2.66. The van der Waals surface area contributed by atoms with Crippen molar-refractivity contribution in [1.82, 2.24) is 4.90 Å². The van der Waals surface area contributed by atoms with Crippen molar-refractivity contribution in [3.63, 3.8) is 0 Å². The summed E-state index contributed by atoms with van der Waals surface area (Å²) in [6.45, 7) is 7.41. The predicted octanol–water partition coefficient (Wildman–Crippen LogP) is 3.80. The van der Waals surface area contributed by atoms with Gasteiger partial charge in [0.05, 0.1) is 0 Å². The van der Waals surface area contributed by atoms with E-state index in [1.165, 1.54) is 11.1 Å². The van der Waals surface area contributed by atoms with Crippen LogP contribution in [0.2, 0.25) is 0 Å². The first-order valence-corrected chi connectivity index (χ1v) is 8.09. The number of amides is 1. The van der Waals surface area contributed by atoms with Crippen LogP contribution >= 0.6 is 23.4 Å². The van der Waals surface area contributed by atoms with Gasteiger partial charge < -0.3 is 4.90 Å². The molecular weight excluding hydrogens is 278 g/mol. The van der Waals surface area contributed by atoms with Crippen LogP contribution in [0.25, 0.3) is 0 Å². The molecule has 1 saturated heterocycles. The summed E-state index contributed by atoms with van der Waals surface area (Å²) in [6, 6.07) is 8.60. The smallest absolute Gasteiger partial charge is 0.238 e. The highest BCUT2D eigenvalue weighted by Gasteiger charge is 2.30. The Morgan fingerprint density at radius 1 is 1.37 bits per heavy atom. The molecule has 0 spiro atoms. The van der Waals surface area contributed by atoms with Crippen molar-refractivity contribution in [1.29, 1.82) is 0 Å². The van der Waals surface area contributed by atoms with Crippen molar-refractivity contribution in [3.05, 3.63) is 35.4 Å². The third kappa shape index (κ3) is 3.26. The average molecular weight is 298 g/mol. The van der Waals surface area contributed by atoms with Crippen molar-refractivity contribution in [2.24, 2.45) is 0 Å². The van der Waals surface area contributed by atoms with E-state index in [0.29, 0.717) is 0 Å². The number of benzene rings is 1. The van der Waals surface area contributed by atoms with Gasteiger partial charge >= 0.3 is 0 Å². The van der Waals surface area contributed by atoms with Crippen molar-refractivity contribution in [2.45, 2.75) is 31.6 Å². The lowest BCUT2D eigenvalue weighted by molar-refractivity contribution is -0.128. The SMILES string of the molecule is CC(C)(C)c1ccc([C@H]2SCCN2C(=O)CCl)cc1. The Labute approximate surface area is 124 Å². The van der Waals surface area contributed by atoms with Crippen LogP contribution < -0.4 is 0 Å². The molecule has 0 radical (unpaired) electrons. The normalized spacial score (nSPS) is 19.8. The molecule has 0 bridgehead atoms. The standard InChI is InChI=1S/C15H20ClNOS/c1-15(2,3)12-6-4-11(5-7-12)14-17(8-9-19-14)13(18)10-16/h4-7,14H,8-10H2,1-3H3/t14-/m1/s1. The van der Waals surface area contributed by atoms with E-state index in [1.54, 1.807) is 0 Å². The Morgan fingerprint density at radius 3 is 2.53 bits per heavy atom. The molecule has 2 nitrogen and oxygen atoms in total. The van der Waals surface area contributed by atoms with Crippen LogP contribution in [-0.2, 0) is 10.2 Å². The Balaban J connectivity index is 2.20.